The van der Waals surface area contributed by atoms with Crippen molar-refractivity contribution < 1.29 is 14.6 Å². The lowest BCUT2D eigenvalue weighted by molar-refractivity contribution is -0.134. The molecular weight excluding hydrogens is 182 g/mol. The van der Waals surface area contributed by atoms with E-state index in [-0.39, 0.29) is 18.1 Å². The second-order valence-electron chi connectivity index (χ2n) is 3.39. The van der Waals surface area contributed by atoms with Crippen LogP contribution in [-0.2, 0) is 9.53 Å². The Bertz CT molecular complexity index is 204. The van der Waals surface area contributed by atoms with Crippen molar-refractivity contribution in [3.05, 3.63) is 12.3 Å². The standard InChI is InChI=1S/C10H19NO3/c1-4-10(2,6-8-12)11-7-5-9(13)14-3/h5,7,11-12H,4,6,8H2,1-3H3/b7-5+. The predicted molar refractivity (Wildman–Crippen MR) is 54.7 cm³/mol. The van der Waals surface area contributed by atoms with Crippen molar-refractivity contribution in [2.24, 2.45) is 0 Å². The molecule has 4 nitrogen and oxygen atoms in total. The topological polar surface area (TPSA) is 58.6 Å². The summed E-state index contributed by atoms with van der Waals surface area (Å²) in [5.41, 5.74) is -0.167. The Morgan fingerprint density at radius 1 is 1.64 bits per heavy atom. The van der Waals surface area contributed by atoms with Crippen LogP contribution in [0.5, 0.6) is 0 Å². The molecule has 0 aliphatic rings. The van der Waals surface area contributed by atoms with Crippen molar-refractivity contribution in [1.82, 2.24) is 5.32 Å². The maximum Gasteiger partial charge on any atom is 0.331 e. The fraction of sp³-hybridized carbons (Fsp3) is 0.700. The predicted octanol–water partition coefficient (Wildman–Crippen LogP) is 0.814. The number of carbonyl (C=O) groups excluding carboxylic acids is 1. The number of hydrogen-bond acceptors (Lipinski definition) is 4. The molecular formula is C10H19NO3. The number of rotatable bonds is 6. The van der Waals surface area contributed by atoms with E-state index in [1.54, 1.807) is 6.20 Å². The molecule has 1 atom stereocenters. The van der Waals surface area contributed by atoms with Crippen LogP contribution >= 0.6 is 0 Å². The molecule has 82 valence electrons. The van der Waals surface area contributed by atoms with Crippen LogP contribution in [0.25, 0.3) is 0 Å². The van der Waals surface area contributed by atoms with Gasteiger partial charge < -0.3 is 15.2 Å². The van der Waals surface area contributed by atoms with Gasteiger partial charge in [-0.25, -0.2) is 4.79 Å². The van der Waals surface area contributed by atoms with Crippen molar-refractivity contribution in [3.8, 4) is 0 Å². The SMILES string of the molecule is CCC(C)(CCO)N/C=C/C(=O)OC. The van der Waals surface area contributed by atoms with Gasteiger partial charge in [-0.15, -0.1) is 0 Å². The molecule has 1 unspecified atom stereocenters. The van der Waals surface area contributed by atoms with Crippen LogP contribution in [0, 0.1) is 0 Å². The number of carbonyl (C=O) groups is 1. The molecule has 0 radical (unpaired) electrons. The Hall–Kier alpha value is -1.03. The second kappa shape index (κ2) is 6.43. The van der Waals surface area contributed by atoms with Crippen LogP contribution < -0.4 is 5.32 Å². The number of aliphatic hydroxyl groups excluding tert-OH is 1. The molecule has 2 N–H and O–H groups in total. The van der Waals surface area contributed by atoms with Crippen LogP contribution in [0.15, 0.2) is 12.3 Å². The highest BCUT2D eigenvalue weighted by molar-refractivity contribution is 5.81. The van der Waals surface area contributed by atoms with Crippen LogP contribution in [-0.4, -0.2) is 30.3 Å². The lowest BCUT2D eigenvalue weighted by atomic mass is 9.95. The summed E-state index contributed by atoms with van der Waals surface area (Å²) in [6, 6.07) is 0. The number of methoxy groups -OCH3 is 1. The molecule has 0 rings (SSSR count). The summed E-state index contributed by atoms with van der Waals surface area (Å²) < 4.78 is 4.44. The molecule has 0 bridgehead atoms. The molecule has 0 heterocycles. The molecule has 4 heteroatoms. The highest BCUT2D eigenvalue weighted by atomic mass is 16.5. The lowest BCUT2D eigenvalue weighted by Crippen LogP contribution is -2.39. The average Bonchev–Trinajstić information content (AvgIpc) is 2.18. The van der Waals surface area contributed by atoms with Gasteiger partial charge in [0.2, 0.25) is 0 Å². The molecule has 0 aromatic rings. The first kappa shape index (κ1) is 13.0. The van der Waals surface area contributed by atoms with Crippen molar-refractivity contribution in [3.63, 3.8) is 0 Å². The molecule has 0 amide bonds. The highest BCUT2D eigenvalue weighted by Crippen LogP contribution is 2.13. The monoisotopic (exact) mass is 201 g/mol. The molecule has 14 heavy (non-hydrogen) atoms. The van der Waals surface area contributed by atoms with Gasteiger partial charge in [0, 0.05) is 24.4 Å². The summed E-state index contributed by atoms with van der Waals surface area (Å²) >= 11 is 0. The zero-order valence-electron chi connectivity index (χ0n) is 9.04. The van der Waals surface area contributed by atoms with Gasteiger partial charge in [-0.1, -0.05) is 6.92 Å². The Labute approximate surface area is 85.0 Å². The summed E-state index contributed by atoms with van der Waals surface area (Å²) in [6.07, 6.45) is 4.41. The van der Waals surface area contributed by atoms with E-state index in [1.807, 2.05) is 13.8 Å². The maximum absolute atomic E-state index is 10.7. The van der Waals surface area contributed by atoms with E-state index in [9.17, 15) is 4.79 Å². The third-order valence-corrected chi connectivity index (χ3v) is 2.30. The minimum Gasteiger partial charge on any atom is -0.466 e. The average molecular weight is 201 g/mol. The van der Waals surface area contributed by atoms with E-state index in [1.165, 1.54) is 13.2 Å². The Kier molecular flexibility index (Phi) is 5.95. The molecule has 0 saturated heterocycles. The number of nitrogens with one attached hydrogen (secondary N) is 1. The van der Waals surface area contributed by atoms with Gasteiger partial charge in [-0.2, -0.15) is 0 Å². The van der Waals surface area contributed by atoms with Gasteiger partial charge >= 0.3 is 5.97 Å². The summed E-state index contributed by atoms with van der Waals surface area (Å²) in [5.74, 6) is -0.389. The molecule has 0 aromatic carbocycles. The molecule has 0 saturated carbocycles. The third-order valence-electron chi connectivity index (χ3n) is 2.30. The minimum atomic E-state index is -0.389. The van der Waals surface area contributed by atoms with E-state index in [0.29, 0.717) is 6.42 Å². The fourth-order valence-corrected chi connectivity index (χ4v) is 0.977. The van der Waals surface area contributed by atoms with Crippen molar-refractivity contribution in [2.45, 2.75) is 32.2 Å². The maximum atomic E-state index is 10.7. The van der Waals surface area contributed by atoms with E-state index in [2.05, 4.69) is 10.1 Å². The second-order valence-corrected chi connectivity index (χ2v) is 3.39. The minimum absolute atomic E-state index is 0.128. The Morgan fingerprint density at radius 3 is 2.71 bits per heavy atom. The number of ether oxygens (including phenoxy) is 1. The quantitative estimate of drug-likeness (QED) is 0.493. The van der Waals surface area contributed by atoms with E-state index in [4.69, 9.17) is 5.11 Å². The largest absolute Gasteiger partial charge is 0.466 e. The van der Waals surface area contributed by atoms with E-state index >= 15 is 0 Å². The fourth-order valence-electron chi connectivity index (χ4n) is 0.977. The summed E-state index contributed by atoms with van der Waals surface area (Å²) in [5, 5.41) is 11.9. The lowest BCUT2D eigenvalue weighted by Gasteiger charge is -2.27. The zero-order chi connectivity index (χ0) is 11.0. The van der Waals surface area contributed by atoms with Gasteiger partial charge in [-0.3, -0.25) is 0 Å². The van der Waals surface area contributed by atoms with Crippen molar-refractivity contribution >= 4 is 5.97 Å². The van der Waals surface area contributed by atoms with Crippen LogP contribution in [0.4, 0.5) is 0 Å². The van der Waals surface area contributed by atoms with Crippen molar-refractivity contribution in [2.75, 3.05) is 13.7 Å². The molecule has 0 aromatic heterocycles. The number of aliphatic hydroxyl groups is 1. The Morgan fingerprint density at radius 2 is 2.29 bits per heavy atom. The summed E-state index contributed by atoms with van der Waals surface area (Å²) in [6.45, 7) is 4.14. The number of hydrogen-bond donors (Lipinski definition) is 2. The van der Waals surface area contributed by atoms with Crippen molar-refractivity contribution in [1.29, 1.82) is 0 Å². The van der Waals surface area contributed by atoms with E-state index in [0.717, 1.165) is 6.42 Å². The van der Waals surface area contributed by atoms with Crippen LogP contribution in [0.1, 0.15) is 26.7 Å². The van der Waals surface area contributed by atoms with E-state index < -0.39 is 0 Å². The normalized spacial score (nSPS) is 15.1. The summed E-state index contributed by atoms with van der Waals surface area (Å²) in [7, 11) is 1.33. The smallest absolute Gasteiger partial charge is 0.331 e. The first-order valence-corrected chi connectivity index (χ1v) is 4.71. The van der Waals surface area contributed by atoms with Gasteiger partial charge in [0.15, 0.2) is 0 Å². The molecule has 0 fully saturated rings. The first-order chi connectivity index (χ1) is 6.58. The first-order valence-electron chi connectivity index (χ1n) is 4.71. The molecule has 0 aliphatic heterocycles. The van der Waals surface area contributed by atoms with Gasteiger partial charge in [-0.05, 0) is 19.8 Å². The zero-order valence-corrected chi connectivity index (χ0v) is 9.04. The molecule has 0 spiro atoms. The Balaban J connectivity index is 4.06. The van der Waals surface area contributed by atoms with Crippen LogP contribution in [0.3, 0.4) is 0 Å². The third kappa shape index (κ3) is 4.87. The summed E-state index contributed by atoms with van der Waals surface area (Å²) in [4.78, 5) is 10.7. The number of esters is 1. The van der Waals surface area contributed by atoms with Gasteiger partial charge in [0.1, 0.15) is 0 Å². The van der Waals surface area contributed by atoms with Gasteiger partial charge in [0.25, 0.3) is 0 Å². The van der Waals surface area contributed by atoms with Gasteiger partial charge in [0.05, 0.1) is 7.11 Å². The highest BCUT2D eigenvalue weighted by Gasteiger charge is 2.18. The van der Waals surface area contributed by atoms with Crippen LogP contribution in [0.2, 0.25) is 0 Å². The molecule has 0 aliphatic carbocycles.